The SMILES string of the molecule is CC(C)C1CN=C(Nc2ccn(C)n2)S1. The summed E-state index contributed by atoms with van der Waals surface area (Å²) in [7, 11) is 1.91. The fourth-order valence-corrected chi connectivity index (χ4v) is 2.42. The van der Waals surface area contributed by atoms with Gasteiger partial charge in [0.1, 0.15) is 0 Å². The van der Waals surface area contributed by atoms with Crippen LogP contribution in [0.3, 0.4) is 0 Å². The van der Waals surface area contributed by atoms with Crippen molar-refractivity contribution in [3.63, 3.8) is 0 Å². The molecule has 0 aliphatic carbocycles. The molecule has 0 bridgehead atoms. The molecule has 0 fully saturated rings. The van der Waals surface area contributed by atoms with Crippen molar-refractivity contribution in [3.05, 3.63) is 12.3 Å². The molecule has 2 heterocycles. The van der Waals surface area contributed by atoms with Gasteiger partial charge in [-0.3, -0.25) is 9.67 Å². The van der Waals surface area contributed by atoms with Gasteiger partial charge in [-0.05, 0) is 5.92 Å². The number of rotatable bonds is 2. The highest BCUT2D eigenvalue weighted by atomic mass is 32.2. The summed E-state index contributed by atoms with van der Waals surface area (Å²) in [6, 6.07) is 1.95. The zero-order valence-electron chi connectivity index (χ0n) is 9.27. The lowest BCUT2D eigenvalue weighted by Crippen LogP contribution is -2.13. The Morgan fingerprint density at radius 3 is 2.93 bits per heavy atom. The van der Waals surface area contributed by atoms with Gasteiger partial charge in [0.2, 0.25) is 0 Å². The molecule has 0 saturated heterocycles. The number of nitrogens with zero attached hydrogens (tertiary/aromatic N) is 3. The minimum Gasteiger partial charge on any atom is -0.318 e. The number of thioether (sulfide) groups is 1. The van der Waals surface area contributed by atoms with E-state index < -0.39 is 0 Å². The van der Waals surface area contributed by atoms with Crippen LogP contribution in [0.2, 0.25) is 0 Å². The summed E-state index contributed by atoms with van der Waals surface area (Å²) in [6.07, 6.45) is 1.92. The van der Waals surface area contributed by atoms with Crippen molar-refractivity contribution < 1.29 is 0 Å². The maximum atomic E-state index is 4.46. The Morgan fingerprint density at radius 2 is 2.40 bits per heavy atom. The van der Waals surface area contributed by atoms with Crippen molar-refractivity contribution in [2.24, 2.45) is 18.0 Å². The highest BCUT2D eigenvalue weighted by Crippen LogP contribution is 2.27. The molecule has 1 unspecified atom stereocenters. The van der Waals surface area contributed by atoms with Gasteiger partial charge in [-0.25, -0.2) is 0 Å². The monoisotopic (exact) mass is 224 g/mol. The van der Waals surface area contributed by atoms with Crippen LogP contribution in [0.4, 0.5) is 5.82 Å². The minimum atomic E-state index is 0.608. The number of amidine groups is 1. The Bertz CT molecular complexity index is 369. The summed E-state index contributed by atoms with van der Waals surface area (Å²) in [5, 5.41) is 9.08. The Kier molecular flexibility index (Phi) is 3.00. The predicted octanol–water partition coefficient (Wildman–Crippen LogP) is 1.96. The molecule has 82 valence electrons. The topological polar surface area (TPSA) is 42.2 Å². The van der Waals surface area contributed by atoms with E-state index in [0.29, 0.717) is 11.2 Å². The normalized spacial score (nSPS) is 20.8. The Labute approximate surface area is 94.2 Å². The van der Waals surface area contributed by atoms with Crippen LogP contribution in [-0.4, -0.2) is 26.7 Å². The first-order valence-electron chi connectivity index (χ1n) is 5.13. The molecule has 0 aromatic carbocycles. The average Bonchev–Trinajstić information content (AvgIpc) is 2.76. The maximum absolute atomic E-state index is 4.46. The summed E-state index contributed by atoms with van der Waals surface area (Å²) in [5.74, 6) is 1.54. The number of nitrogens with one attached hydrogen (secondary N) is 1. The van der Waals surface area contributed by atoms with Gasteiger partial charge in [-0.2, -0.15) is 5.10 Å². The molecule has 1 aliphatic heterocycles. The number of hydrogen-bond donors (Lipinski definition) is 1. The molecule has 1 N–H and O–H groups in total. The Hall–Kier alpha value is -0.970. The molecule has 0 spiro atoms. The standard InChI is InChI=1S/C10H16N4S/c1-7(2)8-6-11-10(15-8)12-9-4-5-14(3)13-9/h4-5,7-8H,6H2,1-3H3,(H,11,12,13). The van der Waals surface area contributed by atoms with Crippen LogP contribution in [0.25, 0.3) is 0 Å². The number of aliphatic imine (C=N–C) groups is 1. The van der Waals surface area contributed by atoms with E-state index in [0.717, 1.165) is 17.5 Å². The van der Waals surface area contributed by atoms with Crippen LogP contribution in [-0.2, 0) is 7.05 Å². The maximum Gasteiger partial charge on any atom is 0.162 e. The van der Waals surface area contributed by atoms with Crippen molar-refractivity contribution in [1.29, 1.82) is 0 Å². The smallest absolute Gasteiger partial charge is 0.162 e. The minimum absolute atomic E-state index is 0.608. The largest absolute Gasteiger partial charge is 0.318 e. The fraction of sp³-hybridized carbons (Fsp3) is 0.600. The van der Waals surface area contributed by atoms with Gasteiger partial charge in [0.15, 0.2) is 11.0 Å². The van der Waals surface area contributed by atoms with Crippen molar-refractivity contribution in [3.8, 4) is 0 Å². The van der Waals surface area contributed by atoms with Crippen LogP contribution in [0.1, 0.15) is 13.8 Å². The summed E-state index contributed by atoms with van der Waals surface area (Å²) in [5.41, 5.74) is 0. The third kappa shape index (κ3) is 2.53. The van der Waals surface area contributed by atoms with E-state index >= 15 is 0 Å². The second-order valence-electron chi connectivity index (χ2n) is 4.05. The molecule has 5 heteroatoms. The lowest BCUT2D eigenvalue weighted by Gasteiger charge is -2.11. The first-order valence-corrected chi connectivity index (χ1v) is 6.01. The van der Waals surface area contributed by atoms with Gasteiger partial charge in [-0.1, -0.05) is 25.6 Å². The molecular formula is C10H16N4S. The summed E-state index contributed by atoms with van der Waals surface area (Å²) in [4.78, 5) is 4.46. The van der Waals surface area contributed by atoms with E-state index in [9.17, 15) is 0 Å². The van der Waals surface area contributed by atoms with Gasteiger partial charge in [0, 0.05) is 24.6 Å². The van der Waals surface area contributed by atoms with Gasteiger partial charge in [0.05, 0.1) is 6.54 Å². The van der Waals surface area contributed by atoms with Gasteiger partial charge >= 0.3 is 0 Å². The number of hydrogen-bond acceptors (Lipinski definition) is 4. The highest BCUT2D eigenvalue weighted by Gasteiger charge is 2.22. The summed E-state index contributed by atoms with van der Waals surface area (Å²) >= 11 is 1.81. The average molecular weight is 224 g/mol. The molecule has 1 aromatic rings. The highest BCUT2D eigenvalue weighted by molar-refractivity contribution is 8.15. The molecule has 0 radical (unpaired) electrons. The molecule has 0 amide bonds. The number of anilines is 1. The first kappa shape index (κ1) is 10.5. The van der Waals surface area contributed by atoms with Gasteiger partial charge < -0.3 is 5.32 Å². The molecule has 1 aromatic heterocycles. The number of aryl methyl sites for hydroxylation is 1. The van der Waals surface area contributed by atoms with E-state index in [2.05, 4.69) is 29.3 Å². The van der Waals surface area contributed by atoms with E-state index in [-0.39, 0.29) is 0 Å². The second kappa shape index (κ2) is 4.26. The van der Waals surface area contributed by atoms with E-state index in [1.165, 1.54) is 0 Å². The molecule has 4 nitrogen and oxygen atoms in total. The molecular weight excluding hydrogens is 208 g/mol. The van der Waals surface area contributed by atoms with Crippen LogP contribution in [0.15, 0.2) is 17.3 Å². The molecule has 15 heavy (non-hydrogen) atoms. The van der Waals surface area contributed by atoms with Crippen molar-refractivity contribution in [2.45, 2.75) is 19.1 Å². The summed E-state index contributed by atoms with van der Waals surface area (Å²) < 4.78 is 1.78. The lowest BCUT2D eigenvalue weighted by atomic mass is 10.1. The zero-order valence-corrected chi connectivity index (χ0v) is 10.1. The first-order chi connectivity index (χ1) is 7.15. The summed E-state index contributed by atoms with van der Waals surface area (Å²) in [6.45, 7) is 5.38. The molecule has 0 saturated carbocycles. The number of aromatic nitrogens is 2. The quantitative estimate of drug-likeness (QED) is 0.835. The lowest BCUT2D eigenvalue weighted by molar-refractivity contribution is 0.621. The van der Waals surface area contributed by atoms with Crippen molar-refractivity contribution >= 4 is 22.7 Å². The molecule has 1 atom stereocenters. The van der Waals surface area contributed by atoms with Crippen LogP contribution in [0.5, 0.6) is 0 Å². The van der Waals surface area contributed by atoms with Crippen LogP contribution in [0, 0.1) is 5.92 Å². The van der Waals surface area contributed by atoms with E-state index in [1.54, 1.807) is 4.68 Å². The third-order valence-corrected chi connectivity index (χ3v) is 3.82. The predicted molar refractivity (Wildman–Crippen MR) is 65.3 cm³/mol. The van der Waals surface area contributed by atoms with Gasteiger partial charge in [0.25, 0.3) is 0 Å². The second-order valence-corrected chi connectivity index (χ2v) is 5.27. The van der Waals surface area contributed by atoms with Crippen molar-refractivity contribution in [2.75, 3.05) is 11.9 Å². The van der Waals surface area contributed by atoms with Crippen molar-refractivity contribution in [1.82, 2.24) is 9.78 Å². The molecule has 2 rings (SSSR count). The zero-order chi connectivity index (χ0) is 10.8. The van der Waals surface area contributed by atoms with E-state index in [4.69, 9.17) is 0 Å². The van der Waals surface area contributed by atoms with Crippen LogP contribution < -0.4 is 5.32 Å². The third-order valence-electron chi connectivity index (χ3n) is 2.37. The van der Waals surface area contributed by atoms with E-state index in [1.807, 2.05) is 31.1 Å². The Morgan fingerprint density at radius 1 is 1.60 bits per heavy atom. The molecule has 1 aliphatic rings. The van der Waals surface area contributed by atoms with Gasteiger partial charge in [-0.15, -0.1) is 0 Å². The van der Waals surface area contributed by atoms with Crippen LogP contribution >= 0.6 is 11.8 Å². The Balaban J connectivity index is 1.92. The fourth-order valence-electron chi connectivity index (χ4n) is 1.40.